The number of amides is 1. The molecule has 34 heavy (non-hydrogen) atoms. The molecule has 5 nitrogen and oxygen atoms in total. The number of ether oxygens (including phenoxy) is 1. The lowest BCUT2D eigenvalue weighted by molar-refractivity contribution is -0.144. The number of para-hydroxylation sites is 1. The predicted octanol–water partition coefficient (Wildman–Crippen LogP) is 4.55. The number of pyridine rings is 1. The molecule has 1 aromatic heterocycles. The predicted molar refractivity (Wildman–Crippen MR) is 135 cm³/mol. The summed E-state index contributed by atoms with van der Waals surface area (Å²) in [5, 5.41) is 1.16. The summed E-state index contributed by atoms with van der Waals surface area (Å²) in [6.45, 7) is 7.81. The maximum Gasteiger partial charge on any atom is 0.228 e. The van der Waals surface area contributed by atoms with E-state index in [1.807, 2.05) is 12.3 Å². The molecule has 2 aliphatic heterocycles. The Balaban J connectivity index is 1.23. The first-order valence-corrected chi connectivity index (χ1v) is 12.6. The van der Waals surface area contributed by atoms with Crippen LogP contribution in [-0.2, 0) is 22.5 Å². The van der Waals surface area contributed by atoms with Crippen molar-refractivity contribution in [3.05, 3.63) is 78.0 Å². The Morgan fingerprint density at radius 1 is 1.03 bits per heavy atom. The van der Waals surface area contributed by atoms with Gasteiger partial charge < -0.3 is 9.64 Å². The zero-order valence-electron chi connectivity index (χ0n) is 20.2. The maximum absolute atomic E-state index is 13.7. The van der Waals surface area contributed by atoms with Crippen molar-refractivity contribution >= 4 is 16.8 Å². The van der Waals surface area contributed by atoms with Gasteiger partial charge in [-0.3, -0.25) is 14.7 Å². The van der Waals surface area contributed by atoms with E-state index in [0.29, 0.717) is 25.7 Å². The second-order valence-electron chi connectivity index (χ2n) is 10.2. The molecule has 2 saturated heterocycles. The normalized spacial score (nSPS) is 21.3. The Hall–Kier alpha value is -2.76. The fraction of sp³-hybridized carbons (Fsp3) is 0.448. The molecule has 0 N–H and O–H groups in total. The van der Waals surface area contributed by atoms with E-state index in [0.717, 1.165) is 56.3 Å². The first-order valence-electron chi connectivity index (χ1n) is 12.6. The average Bonchev–Trinajstić information content (AvgIpc) is 3.11. The molecule has 1 atom stereocenters. The van der Waals surface area contributed by atoms with Gasteiger partial charge in [-0.2, -0.15) is 0 Å². The number of hydrogen-bond acceptors (Lipinski definition) is 4. The van der Waals surface area contributed by atoms with Crippen LogP contribution in [0, 0.1) is 11.3 Å². The third-order valence-corrected chi connectivity index (χ3v) is 7.57. The summed E-state index contributed by atoms with van der Waals surface area (Å²) in [6.07, 6.45) is 4.55. The summed E-state index contributed by atoms with van der Waals surface area (Å²) in [4.78, 5) is 22.9. The van der Waals surface area contributed by atoms with Gasteiger partial charge in [-0.1, -0.05) is 61.5 Å². The lowest BCUT2D eigenvalue weighted by atomic mass is 9.78. The van der Waals surface area contributed by atoms with E-state index in [-0.39, 0.29) is 11.3 Å². The van der Waals surface area contributed by atoms with Gasteiger partial charge in [0.15, 0.2) is 0 Å². The minimum absolute atomic E-state index is 0.279. The van der Waals surface area contributed by atoms with Crippen LogP contribution >= 0.6 is 0 Å². The molecule has 0 aliphatic carbocycles. The van der Waals surface area contributed by atoms with Gasteiger partial charge in [-0.05, 0) is 49.5 Å². The van der Waals surface area contributed by atoms with Crippen LogP contribution in [0.2, 0.25) is 0 Å². The number of carbonyl (C=O) groups excluding carboxylic acids is 1. The highest BCUT2D eigenvalue weighted by atomic mass is 16.5. The van der Waals surface area contributed by atoms with Crippen molar-refractivity contribution in [1.29, 1.82) is 0 Å². The molecule has 2 aliphatic rings. The van der Waals surface area contributed by atoms with Crippen LogP contribution in [0.15, 0.2) is 66.9 Å². The average molecular weight is 458 g/mol. The molecular formula is C29H35N3O2. The summed E-state index contributed by atoms with van der Waals surface area (Å²) in [6, 6.07) is 21.1. The van der Waals surface area contributed by atoms with Crippen LogP contribution in [-0.4, -0.2) is 60.1 Å². The summed E-state index contributed by atoms with van der Waals surface area (Å²) in [5.41, 5.74) is 3.35. The van der Waals surface area contributed by atoms with Crippen LogP contribution in [0.1, 0.15) is 30.9 Å². The van der Waals surface area contributed by atoms with E-state index >= 15 is 0 Å². The first kappa shape index (κ1) is 23.0. The first-order chi connectivity index (χ1) is 16.6. The molecule has 0 radical (unpaired) electrons. The standard InChI is InChI=1S/C29H35N3O2/c1-29(12-15-31(16-13-29)20-23-7-3-2-4-8-23)28(33)32-17-18-34-22-24(21-32)19-26-10-5-9-25-11-6-14-30-27(25)26/h2-11,14,24H,12-13,15-22H2,1H3/t24-/m0/s1. The van der Waals surface area contributed by atoms with Crippen LogP contribution in [0.25, 0.3) is 10.9 Å². The molecular weight excluding hydrogens is 422 g/mol. The summed E-state index contributed by atoms with van der Waals surface area (Å²) in [7, 11) is 0. The van der Waals surface area contributed by atoms with E-state index in [4.69, 9.17) is 4.74 Å². The molecule has 0 spiro atoms. The van der Waals surface area contributed by atoms with Gasteiger partial charge >= 0.3 is 0 Å². The van der Waals surface area contributed by atoms with Gasteiger partial charge in [0.2, 0.25) is 5.91 Å². The van der Waals surface area contributed by atoms with Crippen LogP contribution in [0.5, 0.6) is 0 Å². The number of carbonyl (C=O) groups is 1. The topological polar surface area (TPSA) is 45.7 Å². The molecule has 0 saturated carbocycles. The minimum atomic E-state index is -0.289. The number of fused-ring (bicyclic) bond motifs is 1. The Kier molecular flexibility index (Phi) is 6.93. The highest BCUT2D eigenvalue weighted by molar-refractivity contribution is 5.83. The number of hydrogen-bond donors (Lipinski definition) is 0. The van der Waals surface area contributed by atoms with Gasteiger partial charge in [0.05, 0.1) is 18.7 Å². The van der Waals surface area contributed by atoms with Crippen LogP contribution in [0.4, 0.5) is 0 Å². The van der Waals surface area contributed by atoms with E-state index in [1.165, 1.54) is 11.1 Å². The number of aromatic nitrogens is 1. The van der Waals surface area contributed by atoms with Gasteiger partial charge in [0.25, 0.3) is 0 Å². The smallest absolute Gasteiger partial charge is 0.228 e. The van der Waals surface area contributed by atoms with Crippen molar-refractivity contribution in [2.24, 2.45) is 11.3 Å². The monoisotopic (exact) mass is 457 g/mol. The Morgan fingerprint density at radius 3 is 2.65 bits per heavy atom. The van der Waals surface area contributed by atoms with Crippen molar-refractivity contribution in [2.45, 2.75) is 32.7 Å². The molecule has 0 bridgehead atoms. The SMILES string of the molecule is CC1(C(=O)N2CCOC[C@@H](Cc3cccc4cccnc34)C2)CCN(Cc2ccccc2)CC1. The molecule has 178 valence electrons. The lowest BCUT2D eigenvalue weighted by Gasteiger charge is -2.41. The Labute approximate surface area is 202 Å². The van der Waals surface area contributed by atoms with Crippen molar-refractivity contribution in [2.75, 3.05) is 39.4 Å². The van der Waals surface area contributed by atoms with Crippen molar-refractivity contribution in [3.8, 4) is 0 Å². The quantitative estimate of drug-likeness (QED) is 0.564. The fourth-order valence-corrected chi connectivity index (χ4v) is 5.47. The summed E-state index contributed by atoms with van der Waals surface area (Å²) >= 11 is 0. The van der Waals surface area contributed by atoms with Crippen molar-refractivity contribution in [1.82, 2.24) is 14.8 Å². The second-order valence-corrected chi connectivity index (χ2v) is 10.2. The van der Waals surface area contributed by atoms with Crippen molar-refractivity contribution in [3.63, 3.8) is 0 Å². The van der Waals surface area contributed by atoms with Crippen LogP contribution in [0.3, 0.4) is 0 Å². The lowest BCUT2D eigenvalue weighted by Crippen LogP contribution is -2.50. The highest BCUT2D eigenvalue weighted by Gasteiger charge is 2.40. The van der Waals surface area contributed by atoms with Gasteiger partial charge in [0.1, 0.15) is 0 Å². The number of rotatable bonds is 5. The molecule has 2 aromatic carbocycles. The highest BCUT2D eigenvalue weighted by Crippen LogP contribution is 2.34. The van der Waals surface area contributed by atoms with Crippen molar-refractivity contribution < 1.29 is 9.53 Å². The number of likely N-dealkylation sites (tertiary alicyclic amines) is 1. The third-order valence-electron chi connectivity index (χ3n) is 7.57. The van der Waals surface area contributed by atoms with E-state index in [1.54, 1.807) is 0 Å². The second kappa shape index (κ2) is 10.2. The molecule has 2 fully saturated rings. The largest absolute Gasteiger partial charge is 0.379 e. The van der Waals surface area contributed by atoms with E-state index < -0.39 is 0 Å². The zero-order valence-corrected chi connectivity index (χ0v) is 20.2. The molecule has 1 amide bonds. The number of benzene rings is 2. The van der Waals surface area contributed by atoms with E-state index in [9.17, 15) is 4.79 Å². The summed E-state index contributed by atoms with van der Waals surface area (Å²) in [5.74, 6) is 0.583. The number of nitrogens with zero attached hydrogens (tertiary/aromatic N) is 3. The molecule has 5 heteroatoms. The Bertz CT molecular complexity index is 1100. The maximum atomic E-state index is 13.7. The zero-order chi connectivity index (χ0) is 23.4. The molecule has 3 aromatic rings. The number of piperidine rings is 1. The van der Waals surface area contributed by atoms with Gasteiger partial charge in [-0.15, -0.1) is 0 Å². The molecule has 0 unspecified atom stereocenters. The summed E-state index contributed by atoms with van der Waals surface area (Å²) < 4.78 is 5.95. The van der Waals surface area contributed by atoms with Crippen LogP contribution < -0.4 is 0 Å². The van der Waals surface area contributed by atoms with E-state index in [2.05, 4.69) is 76.3 Å². The third kappa shape index (κ3) is 5.16. The van der Waals surface area contributed by atoms with Gasteiger partial charge in [-0.25, -0.2) is 0 Å². The Morgan fingerprint density at radius 2 is 1.82 bits per heavy atom. The van der Waals surface area contributed by atoms with Gasteiger partial charge in [0, 0.05) is 42.6 Å². The minimum Gasteiger partial charge on any atom is -0.379 e. The molecule has 5 rings (SSSR count). The molecule has 3 heterocycles. The fourth-order valence-electron chi connectivity index (χ4n) is 5.47.